The van der Waals surface area contributed by atoms with Crippen LogP contribution in [0.1, 0.15) is 25.3 Å². The van der Waals surface area contributed by atoms with Crippen molar-refractivity contribution in [3.8, 4) is 0 Å². The summed E-state index contributed by atoms with van der Waals surface area (Å²) in [6.45, 7) is 3.94. The molecule has 0 amide bonds. The van der Waals surface area contributed by atoms with Crippen molar-refractivity contribution in [2.45, 2.75) is 37.0 Å². The van der Waals surface area contributed by atoms with Crippen molar-refractivity contribution < 1.29 is 13.0 Å². The van der Waals surface area contributed by atoms with Gasteiger partial charge < -0.3 is 0 Å². The summed E-state index contributed by atoms with van der Waals surface area (Å²) < 4.78 is 41.5. The Bertz CT molecular complexity index is 1110. The van der Waals surface area contributed by atoms with Gasteiger partial charge in [0.15, 0.2) is 9.84 Å². The summed E-state index contributed by atoms with van der Waals surface area (Å²) >= 11 is 0. The topological polar surface area (TPSA) is 63.2 Å². The molecular weight excluding hydrogens is 425 g/mol. The molecule has 0 fully saturated rings. The van der Waals surface area contributed by atoms with Gasteiger partial charge in [-0.15, -0.1) is 0 Å². The van der Waals surface area contributed by atoms with Crippen molar-refractivity contribution in [2.24, 2.45) is 0 Å². The summed E-state index contributed by atoms with van der Waals surface area (Å²) in [4.78, 5) is 0.199. The van der Waals surface area contributed by atoms with Gasteiger partial charge in [0.2, 0.25) is 7.29 Å². The fraction of sp³-hybridized carbons (Fsp3) is 0.200. The van der Waals surface area contributed by atoms with Crippen molar-refractivity contribution in [1.82, 2.24) is 5.09 Å². The van der Waals surface area contributed by atoms with Gasteiger partial charge in [0, 0.05) is 10.6 Å². The first-order chi connectivity index (χ1) is 14.9. The maximum Gasteiger partial charge on any atom is 0.205 e. The molecular formula is C25H28NO3PS. The van der Waals surface area contributed by atoms with E-state index >= 15 is 0 Å². The zero-order chi connectivity index (χ0) is 22.3. The Labute approximate surface area is 185 Å². The number of allylic oxidation sites excluding steroid dienone is 1. The Balaban J connectivity index is 2.11. The van der Waals surface area contributed by atoms with Gasteiger partial charge in [0.25, 0.3) is 0 Å². The van der Waals surface area contributed by atoms with Crippen LogP contribution in [0, 0.1) is 6.92 Å². The SMILES string of the molecule is CCC/C=C/C(NP(=O)(c1ccccc1)c1ccccc1)S(=O)(=O)c1ccc(C)cc1. The zero-order valence-electron chi connectivity index (χ0n) is 17.8. The molecule has 1 unspecified atom stereocenters. The number of hydrogen-bond acceptors (Lipinski definition) is 3. The quantitative estimate of drug-likeness (QED) is 0.367. The van der Waals surface area contributed by atoms with Gasteiger partial charge in [-0.25, -0.2) is 13.5 Å². The minimum atomic E-state index is -3.82. The molecule has 0 radical (unpaired) electrons. The average molecular weight is 454 g/mol. The van der Waals surface area contributed by atoms with Crippen LogP contribution in [0.4, 0.5) is 0 Å². The monoisotopic (exact) mass is 453 g/mol. The molecule has 0 saturated heterocycles. The van der Waals surface area contributed by atoms with Crippen molar-refractivity contribution in [1.29, 1.82) is 0 Å². The van der Waals surface area contributed by atoms with E-state index in [-0.39, 0.29) is 4.90 Å². The smallest absolute Gasteiger partial charge is 0.205 e. The highest BCUT2D eigenvalue weighted by Gasteiger charge is 2.35. The summed E-state index contributed by atoms with van der Waals surface area (Å²) in [5.74, 6) is 0. The van der Waals surface area contributed by atoms with E-state index in [9.17, 15) is 13.0 Å². The molecule has 6 heteroatoms. The lowest BCUT2D eigenvalue weighted by atomic mass is 10.2. The van der Waals surface area contributed by atoms with Gasteiger partial charge in [0.1, 0.15) is 5.37 Å². The number of rotatable bonds is 9. The van der Waals surface area contributed by atoms with E-state index in [1.54, 1.807) is 54.6 Å². The van der Waals surface area contributed by atoms with Crippen LogP contribution in [0.15, 0.2) is 102 Å². The first-order valence-corrected chi connectivity index (χ1v) is 13.6. The average Bonchev–Trinajstić information content (AvgIpc) is 2.80. The lowest BCUT2D eigenvalue weighted by molar-refractivity contribution is 0.567. The molecule has 3 aromatic rings. The standard InChI is InChI=1S/C25H28NO3PS/c1-3-4-7-16-25(31(28,29)24-19-17-21(2)18-20-24)26-30(27,22-12-8-5-9-13-22)23-14-10-6-11-15-23/h5-20,25H,3-4H2,1-2H3,(H,26,27)/b16-7+. The lowest BCUT2D eigenvalue weighted by Gasteiger charge is -2.25. The predicted molar refractivity (Wildman–Crippen MR) is 129 cm³/mol. The molecule has 1 atom stereocenters. The molecule has 31 heavy (non-hydrogen) atoms. The number of sulfone groups is 1. The third-order valence-corrected chi connectivity index (χ3v) is 9.74. The zero-order valence-corrected chi connectivity index (χ0v) is 19.5. The number of hydrogen-bond donors (Lipinski definition) is 1. The summed E-state index contributed by atoms with van der Waals surface area (Å²) in [7, 11) is -7.25. The fourth-order valence-electron chi connectivity index (χ4n) is 3.23. The minimum Gasteiger partial charge on any atom is -0.296 e. The Morgan fingerprint density at radius 2 is 1.39 bits per heavy atom. The van der Waals surface area contributed by atoms with Gasteiger partial charge in [-0.1, -0.05) is 79.6 Å². The van der Waals surface area contributed by atoms with Crippen molar-refractivity contribution in [2.75, 3.05) is 0 Å². The van der Waals surface area contributed by atoms with E-state index in [0.29, 0.717) is 10.6 Å². The molecule has 4 nitrogen and oxygen atoms in total. The van der Waals surface area contributed by atoms with Crippen LogP contribution in [0.5, 0.6) is 0 Å². The number of benzene rings is 3. The van der Waals surface area contributed by atoms with Crippen LogP contribution < -0.4 is 15.7 Å². The van der Waals surface area contributed by atoms with Crippen molar-refractivity contribution >= 4 is 27.7 Å². The predicted octanol–water partition coefficient (Wildman–Crippen LogP) is 4.97. The first kappa shape index (κ1) is 23.2. The molecule has 0 heterocycles. The molecule has 162 valence electrons. The second-order valence-corrected chi connectivity index (χ2v) is 12.0. The maximum atomic E-state index is 14.4. The third kappa shape index (κ3) is 5.43. The van der Waals surface area contributed by atoms with E-state index < -0.39 is 22.5 Å². The molecule has 0 bridgehead atoms. The normalized spacial score (nSPS) is 13.4. The molecule has 0 spiro atoms. The molecule has 0 aromatic heterocycles. The Morgan fingerprint density at radius 3 is 1.87 bits per heavy atom. The second-order valence-electron chi connectivity index (χ2n) is 7.40. The molecule has 0 saturated carbocycles. The Kier molecular flexibility index (Phi) is 7.66. The molecule has 3 aromatic carbocycles. The number of aryl methyl sites for hydroxylation is 1. The van der Waals surface area contributed by atoms with Crippen molar-refractivity contribution in [3.63, 3.8) is 0 Å². The van der Waals surface area contributed by atoms with E-state index in [1.807, 2.05) is 56.3 Å². The molecule has 3 rings (SSSR count). The van der Waals surface area contributed by atoms with Crippen LogP contribution in [-0.2, 0) is 14.4 Å². The summed E-state index contributed by atoms with van der Waals surface area (Å²) in [6.07, 6.45) is 5.09. The van der Waals surface area contributed by atoms with Gasteiger partial charge in [-0.2, -0.15) is 0 Å². The summed E-state index contributed by atoms with van der Waals surface area (Å²) in [5.41, 5.74) is 0.976. The first-order valence-electron chi connectivity index (χ1n) is 10.3. The van der Waals surface area contributed by atoms with Crippen LogP contribution in [0.25, 0.3) is 0 Å². The van der Waals surface area contributed by atoms with Crippen LogP contribution in [-0.4, -0.2) is 13.8 Å². The highest BCUT2D eigenvalue weighted by molar-refractivity contribution is 7.92. The maximum absolute atomic E-state index is 14.4. The lowest BCUT2D eigenvalue weighted by Crippen LogP contribution is -2.39. The van der Waals surface area contributed by atoms with Crippen LogP contribution in [0.3, 0.4) is 0 Å². The Hall–Kier alpha value is -2.46. The fourth-order valence-corrected chi connectivity index (χ4v) is 7.58. The van der Waals surface area contributed by atoms with Crippen molar-refractivity contribution in [3.05, 3.63) is 103 Å². The number of unbranched alkanes of at least 4 members (excludes halogenated alkanes) is 1. The van der Waals surface area contributed by atoms with Crippen LogP contribution >= 0.6 is 7.29 Å². The largest absolute Gasteiger partial charge is 0.296 e. The van der Waals surface area contributed by atoms with E-state index in [2.05, 4.69) is 5.09 Å². The Morgan fingerprint density at radius 1 is 0.871 bits per heavy atom. The van der Waals surface area contributed by atoms with Gasteiger partial charge in [0.05, 0.1) is 4.90 Å². The summed E-state index contributed by atoms with van der Waals surface area (Å²) in [5, 5.41) is 3.05. The molecule has 0 aliphatic heterocycles. The van der Waals surface area contributed by atoms with Gasteiger partial charge in [-0.05, 0) is 49.7 Å². The van der Waals surface area contributed by atoms with E-state index in [1.165, 1.54) is 0 Å². The third-order valence-electron chi connectivity index (χ3n) is 5.00. The van der Waals surface area contributed by atoms with Gasteiger partial charge in [-0.3, -0.25) is 4.57 Å². The van der Waals surface area contributed by atoms with E-state index in [4.69, 9.17) is 0 Å². The molecule has 0 aliphatic rings. The second kappa shape index (κ2) is 10.2. The summed E-state index contributed by atoms with van der Waals surface area (Å²) in [6, 6.07) is 24.8. The van der Waals surface area contributed by atoms with Crippen LogP contribution in [0.2, 0.25) is 0 Å². The molecule has 1 N–H and O–H groups in total. The van der Waals surface area contributed by atoms with E-state index in [0.717, 1.165) is 18.4 Å². The number of nitrogens with one attached hydrogen (secondary N) is 1. The minimum absolute atomic E-state index is 0.199. The highest BCUT2D eigenvalue weighted by atomic mass is 32.2. The highest BCUT2D eigenvalue weighted by Crippen LogP contribution is 2.40. The molecule has 0 aliphatic carbocycles. The van der Waals surface area contributed by atoms with Gasteiger partial charge >= 0.3 is 0 Å².